The highest BCUT2D eigenvalue weighted by Gasteiger charge is 2.18. The fraction of sp³-hybridized carbons (Fsp3) is 0.278. The van der Waals surface area contributed by atoms with Gasteiger partial charge in [0.05, 0.1) is 16.6 Å². The van der Waals surface area contributed by atoms with Crippen LogP contribution in [0.1, 0.15) is 42.2 Å². The predicted octanol–water partition coefficient (Wildman–Crippen LogP) is 5.51. The zero-order valence-corrected chi connectivity index (χ0v) is 14.2. The molecule has 2 nitrogen and oxygen atoms in total. The molecule has 4 heteroatoms. The van der Waals surface area contributed by atoms with Gasteiger partial charge in [-0.1, -0.05) is 67.4 Å². The molecule has 0 aliphatic rings. The van der Waals surface area contributed by atoms with Crippen LogP contribution in [0.4, 0.5) is 0 Å². The molecule has 1 atom stereocenters. The number of amides is 1. The molecule has 0 aliphatic carbocycles. The van der Waals surface area contributed by atoms with E-state index < -0.39 is 0 Å². The molecular weight excluding hydrogens is 317 g/mol. The van der Waals surface area contributed by atoms with Crippen LogP contribution in [0.3, 0.4) is 0 Å². The lowest BCUT2D eigenvalue weighted by Gasteiger charge is -2.21. The third kappa shape index (κ3) is 4.49. The van der Waals surface area contributed by atoms with Crippen molar-refractivity contribution in [2.75, 3.05) is 0 Å². The number of halogens is 2. The average molecular weight is 336 g/mol. The van der Waals surface area contributed by atoms with Gasteiger partial charge in [-0.25, -0.2) is 0 Å². The third-order valence-corrected chi connectivity index (χ3v) is 3.94. The van der Waals surface area contributed by atoms with Crippen molar-refractivity contribution in [1.29, 1.82) is 0 Å². The molecule has 2 aromatic rings. The van der Waals surface area contributed by atoms with Crippen LogP contribution in [0, 0.1) is 5.92 Å². The van der Waals surface area contributed by atoms with Crippen LogP contribution < -0.4 is 5.32 Å². The van der Waals surface area contributed by atoms with E-state index in [-0.39, 0.29) is 11.9 Å². The number of rotatable bonds is 5. The lowest BCUT2D eigenvalue weighted by atomic mass is 9.96. The molecular formula is C18H19Cl2NO. The molecule has 0 fully saturated rings. The van der Waals surface area contributed by atoms with Crippen LogP contribution in [0.15, 0.2) is 48.5 Å². The van der Waals surface area contributed by atoms with Crippen molar-refractivity contribution < 1.29 is 4.79 Å². The fourth-order valence-corrected chi connectivity index (χ4v) is 2.84. The molecule has 22 heavy (non-hydrogen) atoms. The van der Waals surface area contributed by atoms with E-state index in [2.05, 4.69) is 19.2 Å². The van der Waals surface area contributed by atoms with Gasteiger partial charge in [0, 0.05) is 5.02 Å². The summed E-state index contributed by atoms with van der Waals surface area (Å²) in [6.45, 7) is 4.27. The Morgan fingerprint density at radius 2 is 1.77 bits per heavy atom. The van der Waals surface area contributed by atoms with Gasteiger partial charge in [-0.05, 0) is 36.1 Å². The summed E-state index contributed by atoms with van der Waals surface area (Å²) in [6, 6.07) is 14.8. The van der Waals surface area contributed by atoms with Gasteiger partial charge in [0.1, 0.15) is 0 Å². The molecule has 0 radical (unpaired) electrons. The standard InChI is InChI=1S/C18H19Cl2NO/c1-12(2)10-17(13-6-4-3-5-7-13)21-18(22)15-9-8-14(19)11-16(15)20/h3-9,11-12,17H,10H2,1-2H3,(H,21,22)/t17-/m0/s1. The maximum absolute atomic E-state index is 12.5. The molecule has 0 saturated carbocycles. The largest absolute Gasteiger partial charge is 0.345 e. The first-order valence-electron chi connectivity index (χ1n) is 7.28. The topological polar surface area (TPSA) is 29.1 Å². The first kappa shape index (κ1) is 16.9. The van der Waals surface area contributed by atoms with Gasteiger partial charge in [-0.2, -0.15) is 0 Å². The number of nitrogens with one attached hydrogen (secondary N) is 1. The van der Waals surface area contributed by atoms with Gasteiger partial charge < -0.3 is 5.32 Å². The number of benzene rings is 2. The smallest absolute Gasteiger partial charge is 0.253 e. The molecule has 0 spiro atoms. The maximum atomic E-state index is 12.5. The van der Waals surface area contributed by atoms with Crippen molar-refractivity contribution in [3.05, 3.63) is 69.7 Å². The zero-order chi connectivity index (χ0) is 16.1. The zero-order valence-electron chi connectivity index (χ0n) is 12.6. The summed E-state index contributed by atoms with van der Waals surface area (Å²) < 4.78 is 0. The molecule has 0 aromatic heterocycles. The van der Waals surface area contributed by atoms with Crippen LogP contribution in [0.2, 0.25) is 10.0 Å². The Morgan fingerprint density at radius 1 is 1.09 bits per heavy atom. The van der Waals surface area contributed by atoms with E-state index in [1.54, 1.807) is 18.2 Å². The monoisotopic (exact) mass is 335 g/mol. The first-order valence-corrected chi connectivity index (χ1v) is 8.04. The Labute approximate surface area is 141 Å². The van der Waals surface area contributed by atoms with Crippen molar-refractivity contribution in [3.63, 3.8) is 0 Å². The second kappa shape index (κ2) is 7.66. The molecule has 2 aromatic carbocycles. The van der Waals surface area contributed by atoms with E-state index in [0.717, 1.165) is 12.0 Å². The summed E-state index contributed by atoms with van der Waals surface area (Å²) in [5.74, 6) is 0.280. The molecule has 0 aliphatic heterocycles. The Kier molecular flexibility index (Phi) is 5.87. The van der Waals surface area contributed by atoms with Crippen LogP contribution in [0.25, 0.3) is 0 Å². The summed E-state index contributed by atoms with van der Waals surface area (Å²) in [5.41, 5.74) is 1.53. The number of carbonyl (C=O) groups excluding carboxylic acids is 1. The van der Waals surface area contributed by atoms with Gasteiger partial charge in [-0.15, -0.1) is 0 Å². The number of hydrogen-bond donors (Lipinski definition) is 1. The van der Waals surface area contributed by atoms with Crippen LogP contribution in [-0.2, 0) is 0 Å². The van der Waals surface area contributed by atoms with E-state index in [9.17, 15) is 4.79 Å². The highest BCUT2D eigenvalue weighted by molar-refractivity contribution is 6.36. The minimum Gasteiger partial charge on any atom is -0.345 e. The molecule has 0 saturated heterocycles. The highest BCUT2D eigenvalue weighted by atomic mass is 35.5. The van der Waals surface area contributed by atoms with Crippen molar-refractivity contribution >= 4 is 29.1 Å². The summed E-state index contributed by atoms with van der Waals surface area (Å²) in [4.78, 5) is 12.5. The average Bonchev–Trinajstić information content (AvgIpc) is 2.46. The van der Waals surface area contributed by atoms with Gasteiger partial charge in [0.15, 0.2) is 0 Å². The predicted molar refractivity (Wildman–Crippen MR) is 92.6 cm³/mol. The van der Waals surface area contributed by atoms with E-state index >= 15 is 0 Å². The molecule has 0 bridgehead atoms. The van der Waals surface area contributed by atoms with Crippen molar-refractivity contribution in [1.82, 2.24) is 5.32 Å². The highest BCUT2D eigenvalue weighted by Crippen LogP contribution is 2.24. The molecule has 1 amide bonds. The maximum Gasteiger partial charge on any atom is 0.253 e. The van der Waals surface area contributed by atoms with Crippen molar-refractivity contribution in [3.8, 4) is 0 Å². The fourth-order valence-electron chi connectivity index (χ4n) is 2.34. The Bertz CT molecular complexity index is 641. The first-order chi connectivity index (χ1) is 10.5. The second-order valence-electron chi connectivity index (χ2n) is 5.69. The van der Waals surface area contributed by atoms with Crippen LogP contribution in [-0.4, -0.2) is 5.91 Å². The Morgan fingerprint density at radius 3 is 2.36 bits per heavy atom. The van der Waals surface area contributed by atoms with Crippen molar-refractivity contribution in [2.24, 2.45) is 5.92 Å². The minimum atomic E-state index is -0.184. The SMILES string of the molecule is CC(C)C[C@H](NC(=O)c1ccc(Cl)cc1Cl)c1ccccc1. The van der Waals surface area contributed by atoms with Gasteiger partial charge in [-0.3, -0.25) is 4.79 Å². The Balaban J connectivity index is 2.21. The van der Waals surface area contributed by atoms with E-state index in [1.807, 2.05) is 30.3 Å². The van der Waals surface area contributed by atoms with E-state index in [4.69, 9.17) is 23.2 Å². The third-order valence-electron chi connectivity index (χ3n) is 3.39. The van der Waals surface area contributed by atoms with Gasteiger partial charge >= 0.3 is 0 Å². The summed E-state index contributed by atoms with van der Waals surface area (Å²) >= 11 is 12.0. The van der Waals surface area contributed by atoms with Crippen LogP contribution >= 0.6 is 23.2 Å². The number of carbonyl (C=O) groups is 1. The quantitative estimate of drug-likeness (QED) is 0.766. The Hall–Kier alpha value is -1.51. The molecule has 2 rings (SSSR count). The molecule has 0 unspecified atom stereocenters. The van der Waals surface area contributed by atoms with E-state index in [0.29, 0.717) is 21.5 Å². The molecule has 0 heterocycles. The lowest BCUT2D eigenvalue weighted by molar-refractivity contribution is 0.0932. The lowest BCUT2D eigenvalue weighted by Crippen LogP contribution is -2.29. The molecule has 116 valence electrons. The van der Waals surface area contributed by atoms with E-state index in [1.165, 1.54) is 0 Å². The van der Waals surface area contributed by atoms with Crippen molar-refractivity contribution in [2.45, 2.75) is 26.3 Å². The number of hydrogen-bond acceptors (Lipinski definition) is 1. The second-order valence-corrected chi connectivity index (χ2v) is 6.53. The van der Waals surface area contributed by atoms with Gasteiger partial charge in [0.25, 0.3) is 5.91 Å². The summed E-state index contributed by atoms with van der Waals surface area (Å²) in [7, 11) is 0. The minimum absolute atomic E-state index is 0.0413. The van der Waals surface area contributed by atoms with Crippen LogP contribution in [0.5, 0.6) is 0 Å². The van der Waals surface area contributed by atoms with Gasteiger partial charge in [0.2, 0.25) is 0 Å². The normalized spacial score (nSPS) is 12.2. The summed E-state index contributed by atoms with van der Waals surface area (Å²) in [6.07, 6.45) is 0.862. The summed E-state index contributed by atoms with van der Waals surface area (Å²) in [5, 5.41) is 3.95. The molecule has 1 N–H and O–H groups in total.